The van der Waals surface area contributed by atoms with Crippen molar-refractivity contribution in [3.8, 4) is 0 Å². The number of ether oxygens (including phenoxy) is 1. The molecule has 33 heavy (non-hydrogen) atoms. The predicted molar refractivity (Wildman–Crippen MR) is 124 cm³/mol. The molecule has 1 aliphatic heterocycles. The van der Waals surface area contributed by atoms with E-state index in [0.29, 0.717) is 12.3 Å². The fourth-order valence-corrected chi connectivity index (χ4v) is 5.34. The van der Waals surface area contributed by atoms with Crippen LogP contribution in [0, 0.1) is 5.41 Å². The first-order chi connectivity index (χ1) is 15.3. The molecule has 1 rings (SSSR count). The lowest BCUT2D eigenvalue weighted by Gasteiger charge is -2.40. The summed E-state index contributed by atoms with van der Waals surface area (Å²) in [4.78, 5) is 47.8. The second kappa shape index (κ2) is 13.2. The van der Waals surface area contributed by atoms with E-state index in [1.807, 2.05) is 13.8 Å². The number of nitrogens with one attached hydrogen (secondary N) is 3. The standard InChI is InChI=1S/C20H34N3O8PS/c1-13(2)11-16(25)33-10-9-21-15(24)7-8-22-18(26)17-20(4,5)12-30-32(28,31-17)23-14(3)19(27)29-6/h11,14,17H,7-10,12H2,1-6H3,(H,21,24)(H,22,26)(H,23,28)/t14-,17-,32?/m0/s1. The van der Waals surface area contributed by atoms with E-state index in [2.05, 4.69) is 20.5 Å². The number of thioether (sulfide) groups is 1. The van der Waals surface area contributed by atoms with Crippen molar-refractivity contribution in [2.24, 2.45) is 5.41 Å². The van der Waals surface area contributed by atoms with Crippen molar-refractivity contribution in [2.45, 2.75) is 53.2 Å². The average molecular weight is 508 g/mol. The highest BCUT2D eigenvalue weighted by Gasteiger charge is 2.48. The number of allylic oxidation sites excluding steroid dienone is 1. The molecule has 1 aliphatic rings. The van der Waals surface area contributed by atoms with E-state index in [-0.39, 0.29) is 30.6 Å². The van der Waals surface area contributed by atoms with Gasteiger partial charge in [-0.25, -0.2) is 9.65 Å². The van der Waals surface area contributed by atoms with Gasteiger partial charge < -0.3 is 15.4 Å². The predicted octanol–water partition coefficient (Wildman–Crippen LogP) is 1.54. The zero-order valence-corrected chi connectivity index (χ0v) is 21.6. The van der Waals surface area contributed by atoms with Crippen molar-refractivity contribution >= 4 is 42.4 Å². The summed E-state index contributed by atoms with van der Waals surface area (Å²) >= 11 is 1.11. The van der Waals surface area contributed by atoms with E-state index in [0.717, 1.165) is 17.3 Å². The zero-order valence-electron chi connectivity index (χ0n) is 19.9. The van der Waals surface area contributed by atoms with Gasteiger partial charge in [0, 0.05) is 30.7 Å². The maximum Gasteiger partial charge on any atom is 0.407 e. The van der Waals surface area contributed by atoms with Gasteiger partial charge >= 0.3 is 13.7 Å². The van der Waals surface area contributed by atoms with Crippen LogP contribution in [0.15, 0.2) is 11.6 Å². The highest BCUT2D eigenvalue weighted by molar-refractivity contribution is 8.14. The van der Waals surface area contributed by atoms with Crippen LogP contribution in [0.4, 0.5) is 0 Å². The molecule has 11 nitrogen and oxygen atoms in total. The minimum atomic E-state index is -3.94. The van der Waals surface area contributed by atoms with Crippen molar-refractivity contribution < 1.29 is 37.5 Å². The van der Waals surface area contributed by atoms with Gasteiger partial charge in [0.25, 0.3) is 0 Å². The molecule has 0 aromatic carbocycles. The molecule has 0 aliphatic carbocycles. The van der Waals surface area contributed by atoms with Crippen molar-refractivity contribution in [1.82, 2.24) is 15.7 Å². The molecule has 0 radical (unpaired) electrons. The first-order valence-corrected chi connectivity index (χ1v) is 13.0. The highest BCUT2D eigenvalue weighted by Crippen LogP contribution is 2.53. The molecule has 0 saturated carbocycles. The Morgan fingerprint density at radius 3 is 2.48 bits per heavy atom. The molecular formula is C20H34N3O8PS. The van der Waals surface area contributed by atoms with Gasteiger partial charge in [0.1, 0.15) is 6.04 Å². The van der Waals surface area contributed by atoms with Crippen LogP contribution in [0.25, 0.3) is 0 Å². The minimum Gasteiger partial charge on any atom is -0.468 e. The number of hydrogen-bond donors (Lipinski definition) is 3. The van der Waals surface area contributed by atoms with Crippen LogP contribution in [-0.4, -0.2) is 67.6 Å². The number of carbonyl (C=O) groups excluding carboxylic acids is 4. The van der Waals surface area contributed by atoms with Gasteiger partial charge in [0.2, 0.25) is 16.9 Å². The Labute approximate surface area is 198 Å². The number of rotatable bonds is 11. The van der Waals surface area contributed by atoms with E-state index < -0.39 is 37.2 Å². The Bertz CT molecular complexity index is 813. The third-order valence-corrected chi connectivity index (χ3v) is 6.90. The van der Waals surface area contributed by atoms with Gasteiger partial charge in [0.05, 0.1) is 13.7 Å². The van der Waals surface area contributed by atoms with Crippen LogP contribution in [0.2, 0.25) is 0 Å². The molecule has 1 saturated heterocycles. The Kier molecular flexibility index (Phi) is 11.8. The van der Waals surface area contributed by atoms with Crippen LogP contribution in [-0.2, 0) is 37.5 Å². The lowest BCUT2D eigenvalue weighted by molar-refractivity contribution is -0.142. The van der Waals surface area contributed by atoms with Gasteiger partial charge in [-0.3, -0.25) is 28.2 Å². The largest absolute Gasteiger partial charge is 0.468 e. The van der Waals surface area contributed by atoms with Crippen LogP contribution >= 0.6 is 19.5 Å². The molecule has 1 unspecified atom stereocenters. The summed E-state index contributed by atoms with van der Waals surface area (Å²) in [6, 6.07) is -0.968. The Morgan fingerprint density at radius 2 is 1.88 bits per heavy atom. The van der Waals surface area contributed by atoms with E-state index >= 15 is 0 Å². The third-order valence-electron chi connectivity index (χ3n) is 4.43. The number of esters is 1. The van der Waals surface area contributed by atoms with Crippen molar-refractivity contribution in [2.75, 3.05) is 32.6 Å². The van der Waals surface area contributed by atoms with Gasteiger partial charge in [-0.2, -0.15) is 0 Å². The minimum absolute atomic E-state index is 0.0251. The molecule has 2 amide bonds. The summed E-state index contributed by atoms with van der Waals surface area (Å²) in [5.41, 5.74) is 0.111. The SMILES string of the molecule is COC(=O)[C@H](C)NP1(=O)OCC(C)(C)[C@H](C(=O)NCCC(=O)NCCSC(=O)C=C(C)C)O1. The van der Waals surface area contributed by atoms with Gasteiger partial charge in [-0.1, -0.05) is 31.2 Å². The maximum absolute atomic E-state index is 12.9. The maximum atomic E-state index is 12.9. The summed E-state index contributed by atoms with van der Waals surface area (Å²) in [5.74, 6) is -1.05. The van der Waals surface area contributed by atoms with E-state index in [9.17, 15) is 23.7 Å². The fraction of sp³-hybridized carbons (Fsp3) is 0.700. The molecule has 13 heteroatoms. The summed E-state index contributed by atoms with van der Waals surface area (Å²) in [5, 5.41) is 7.67. The molecule has 0 aromatic rings. The third kappa shape index (κ3) is 10.4. The first kappa shape index (κ1) is 29.3. The Hall–Kier alpha value is -1.72. The van der Waals surface area contributed by atoms with Crippen LogP contribution < -0.4 is 15.7 Å². The monoisotopic (exact) mass is 507 g/mol. The Morgan fingerprint density at radius 1 is 1.21 bits per heavy atom. The molecule has 3 atom stereocenters. The molecule has 0 bridgehead atoms. The first-order valence-electron chi connectivity index (χ1n) is 10.4. The van der Waals surface area contributed by atoms with E-state index in [1.165, 1.54) is 20.1 Å². The average Bonchev–Trinajstić information content (AvgIpc) is 2.72. The smallest absolute Gasteiger partial charge is 0.407 e. The fourth-order valence-electron chi connectivity index (χ4n) is 2.68. The number of amides is 2. The molecule has 0 spiro atoms. The summed E-state index contributed by atoms with van der Waals surface area (Å²) in [6.45, 7) is 8.84. The second-order valence-electron chi connectivity index (χ2n) is 8.40. The molecule has 188 valence electrons. The molecule has 3 N–H and O–H groups in total. The normalized spacial score (nSPS) is 22.5. The number of hydrogen-bond acceptors (Lipinski definition) is 9. The summed E-state index contributed by atoms with van der Waals surface area (Å²) in [7, 11) is -2.75. The van der Waals surface area contributed by atoms with Gasteiger partial charge in [-0.05, 0) is 26.8 Å². The molecular weight excluding hydrogens is 473 g/mol. The zero-order chi connectivity index (χ0) is 25.2. The van der Waals surface area contributed by atoms with Crippen molar-refractivity contribution in [3.05, 3.63) is 11.6 Å². The molecule has 1 heterocycles. The quantitative estimate of drug-likeness (QED) is 0.163. The van der Waals surface area contributed by atoms with Gasteiger partial charge in [0.15, 0.2) is 6.10 Å². The Balaban J connectivity index is 2.49. The van der Waals surface area contributed by atoms with Crippen LogP contribution in [0.5, 0.6) is 0 Å². The lowest BCUT2D eigenvalue weighted by Crippen LogP contribution is -2.51. The van der Waals surface area contributed by atoms with Crippen LogP contribution in [0.3, 0.4) is 0 Å². The van der Waals surface area contributed by atoms with E-state index in [1.54, 1.807) is 13.8 Å². The lowest BCUT2D eigenvalue weighted by atomic mass is 9.87. The topological polar surface area (TPSA) is 149 Å². The highest BCUT2D eigenvalue weighted by atomic mass is 32.2. The number of carbonyl (C=O) groups is 4. The summed E-state index contributed by atoms with van der Waals surface area (Å²) < 4.78 is 28.2. The van der Waals surface area contributed by atoms with Gasteiger partial charge in [-0.15, -0.1) is 0 Å². The molecule has 1 fully saturated rings. The van der Waals surface area contributed by atoms with Crippen LogP contribution in [0.1, 0.15) is 41.0 Å². The number of methoxy groups -OCH3 is 1. The van der Waals surface area contributed by atoms with E-state index in [4.69, 9.17) is 9.05 Å². The van der Waals surface area contributed by atoms with Crippen molar-refractivity contribution in [3.63, 3.8) is 0 Å². The molecule has 0 aromatic heterocycles. The second-order valence-corrected chi connectivity index (χ2v) is 11.2. The summed E-state index contributed by atoms with van der Waals surface area (Å²) in [6.07, 6.45) is 0.430. The van der Waals surface area contributed by atoms with Crippen molar-refractivity contribution in [1.29, 1.82) is 0 Å².